The lowest BCUT2D eigenvalue weighted by atomic mass is 10.1. The molecule has 0 aliphatic heterocycles. The first kappa shape index (κ1) is 12.3. The molecule has 0 saturated heterocycles. The summed E-state index contributed by atoms with van der Waals surface area (Å²) >= 11 is 2.08. The molecule has 17 heavy (non-hydrogen) atoms. The molecule has 0 saturated carbocycles. The van der Waals surface area contributed by atoms with Crippen molar-refractivity contribution in [2.75, 3.05) is 5.73 Å². The number of hydrogen-bond acceptors (Lipinski definition) is 3. The third-order valence-corrected chi connectivity index (χ3v) is 3.39. The van der Waals surface area contributed by atoms with Crippen LogP contribution in [0.2, 0.25) is 0 Å². The quantitative estimate of drug-likeness (QED) is 0.864. The Morgan fingerprint density at radius 2 is 2.24 bits per heavy atom. The number of nitrogen functional groups attached to an aromatic ring is 1. The largest absolute Gasteiger partial charge is 0.381 e. The fourth-order valence-corrected chi connectivity index (χ4v) is 2.42. The van der Waals surface area contributed by atoms with Crippen LogP contribution in [0.3, 0.4) is 0 Å². The Morgan fingerprint density at radius 1 is 1.47 bits per heavy atom. The van der Waals surface area contributed by atoms with Gasteiger partial charge in [0.1, 0.15) is 5.82 Å². The SMILES string of the molecule is CCCc1c(N)noc1-c1ccc(F)cc1I. The molecule has 0 radical (unpaired) electrons. The van der Waals surface area contributed by atoms with E-state index in [-0.39, 0.29) is 5.82 Å². The number of halogens is 2. The van der Waals surface area contributed by atoms with E-state index in [2.05, 4.69) is 34.7 Å². The van der Waals surface area contributed by atoms with Gasteiger partial charge in [-0.15, -0.1) is 0 Å². The van der Waals surface area contributed by atoms with Crippen LogP contribution in [-0.2, 0) is 6.42 Å². The lowest BCUT2D eigenvalue weighted by Gasteiger charge is -2.03. The maximum Gasteiger partial charge on any atom is 0.173 e. The normalized spacial score (nSPS) is 10.8. The van der Waals surface area contributed by atoms with Crippen molar-refractivity contribution in [3.8, 4) is 11.3 Å². The van der Waals surface area contributed by atoms with Crippen LogP contribution < -0.4 is 5.73 Å². The number of benzene rings is 1. The van der Waals surface area contributed by atoms with Gasteiger partial charge in [-0.1, -0.05) is 18.5 Å². The standard InChI is InChI=1S/C12H12FIN2O/c1-2-3-9-11(17-16-12(9)15)8-5-4-7(13)6-10(8)14/h4-6H,2-3H2,1H3,(H2,15,16). The van der Waals surface area contributed by atoms with Gasteiger partial charge < -0.3 is 10.3 Å². The Labute approximate surface area is 112 Å². The van der Waals surface area contributed by atoms with Gasteiger partial charge in [-0.3, -0.25) is 0 Å². The smallest absolute Gasteiger partial charge is 0.173 e. The highest BCUT2D eigenvalue weighted by Crippen LogP contribution is 2.32. The molecule has 0 aliphatic carbocycles. The van der Waals surface area contributed by atoms with Gasteiger partial charge in [-0.25, -0.2) is 4.39 Å². The molecule has 1 heterocycles. The second-order valence-corrected chi connectivity index (χ2v) is 4.91. The maximum absolute atomic E-state index is 13.0. The zero-order valence-corrected chi connectivity index (χ0v) is 11.5. The van der Waals surface area contributed by atoms with Crippen molar-refractivity contribution in [3.05, 3.63) is 33.1 Å². The van der Waals surface area contributed by atoms with Crippen molar-refractivity contribution in [1.82, 2.24) is 5.16 Å². The van der Waals surface area contributed by atoms with E-state index in [1.807, 2.05) is 0 Å². The summed E-state index contributed by atoms with van der Waals surface area (Å²) < 4.78 is 19.1. The van der Waals surface area contributed by atoms with Crippen LogP contribution in [0.1, 0.15) is 18.9 Å². The van der Waals surface area contributed by atoms with Gasteiger partial charge in [0.2, 0.25) is 0 Å². The first-order valence-electron chi connectivity index (χ1n) is 5.33. The van der Waals surface area contributed by atoms with Gasteiger partial charge in [-0.05, 0) is 47.2 Å². The molecule has 2 rings (SSSR count). The summed E-state index contributed by atoms with van der Waals surface area (Å²) in [6.45, 7) is 2.06. The number of nitrogens with two attached hydrogens (primary N) is 1. The predicted molar refractivity (Wildman–Crippen MR) is 73.0 cm³/mol. The minimum absolute atomic E-state index is 0.261. The number of anilines is 1. The van der Waals surface area contributed by atoms with Crippen molar-refractivity contribution in [3.63, 3.8) is 0 Å². The molecular weight excluding hydrogens is 334 g/mol. The Morgan fingerprint density at radius 3 is 2.88 bits per heavy atom. The maximum atomic E-state index is 13.0. The lowest BCUT2D eigenvalue weighted by molar-refractivity contribution is 0.434. The molecule has 0 amide bonds. The van der Waals surface area contributed by atoms with Crippen LogP contribution in [0, 0.1) is 9.39 Å². The monoisotopic (exact) mass is 346 g/mol. The fourth-order valence-electron chi connectivity index (χ4n) is 1.70. The van der Waals surface area contributed by atoms with Crippen LogP contribution in [-0.4, -0.2) is 5.16 Å². The topological polar surface area (TPSA) is 52.0 Å². The molecule has 2 aromatic rings. The first-order valence-corrected chi connectivity index (χ1v) is 6.40. The first-order chi connectivity index (χ1) is 8.13. The summed E-state index contributed by atoms with van der Waals surface area (Å²) in [6.07, 6.45) is 1.76. The molecule has 0 spiro atoms. The third-order valence-electron chi connectivity index (χ3n) is 2.49. The van der Waals surface area contributed by atoms with E-state index in [0.717, 1.165) is 27.5 Å². The van der Waals surface area contributed by atoms with Gasteiger partial charge in [0.05, 0.1) is 0 Å². The Bertz CT molecular complexity index is 539. The molecule has 0 atom stereocenters. The van der Waals surface area contributed by atoms with E-state index < -0.39 is 0 Å². The molecule has 1 aromatic heterocycles. The molecule has 5 heteroatoms. The molecule has 0 unspecified atom stereocenters. The predicted octanol–water partition coefficient (Wildman–Crippen LogP) is 3.62. The van der Waals surface area contributed by atoms with E-state index in [4.69, 9.17) is 10.3 Å². The highest BCUT2D eigenvalue weighted by atomic mass is 127. The van der Waals surface area contributed by atoms with Crippen LogP contribution in [0.15, 0.2) is 22.7 Å². The average Bonchev–Trinajstić information content (AvgIpc) is 2.62. The Kier molecular flexibility index (Phi) is 3.66. The van der Waals surface area contributed by atoms with Crippen molar-refractivity contribution in [2.45, 2.75) is 19.8 Å². The summed E-state index contributed by atoms with van der Waals surface area (Å²) in [5.74, 6) is 0.804. The van der Waals surface area contributed by atoms with E-state index in [1.54, 1.807) is 6.07 Å². The Balaban J connectivity index is 2.52. The minimum atomic E-state index is -0.261. The van der Waals surface area contributed by atoms with Gasteiger partial charge >= 0.3 is 0 Å². The van der Waals surface area contributed by atoms with Crippen LogP contribution in [0.5, 0.6) is 0 Å². The summed E-state index contributed by atoms with van der Waals surface area (Å²) in [6, 6.07) is 4.56. The highest BCUT2D eigenvalue weighted by molar-refractivity contribution is 14.1. The summed E-state index contributed by atoms with van der Waals surface area (Å²) in [5, 5.41) is 3.78. The molecule has 2 N–H and O–H groups in total. The van der Waals surface area contributed by atoms with E-state index in [1.165, 1.54) is 12.1 Å². The van der Waals surface area contributed by atoms with E-state index in [9.17, 15) is 4.39 Å². The fraction of sp³-hybridized carbons (Fsp3) is 0.250. The lowest BCUT2D eigenvalue weighted by Crippen LogP contribution is -1.93. The zero-order valence-electron chi connectivity index (χ0n) is 9.34. The molecule has 0 fully saturated rings. The van der Waals surface area contributed by atoms with E-state index in [0.29, 0.717) is 11.6 Å². The summed E-state index contributed by atoms with van der Waals surface area (Å²) in [7, 11) is 0. The number of hydrogen-bond donors (Lipinski definition) is 1. The van der Waals surface area contributed by atoms with Crippen molar-refractivity contribution in [2.24, 2.45) is 0 Å². The Hall–Kier alpha value is -1.11. The van der Waals surface area contributed by atoms with Gasteiger partial charge in [0.25, 0.3) is 0 Å². The second-order valence-electron chi connectivity index (χ2n) is 3.75. The average molecular weight is 346 g/mol. The van der Waals surface area contributed by atoms with Crippen LogP contribution >= 0.6 is 22.6 Å². The summed E-state index contributed by atoms with van der Waals surface area (Å²) in [4.78, 5) is 0. The molecule has 3 nitrogen and oxygen atoms in total. The van der Waals surface area contributed by atoms with Crippen LogP contribution in [0.25, 0.3) is 11.3 Å². The number of nitrogens with zero attached hydrogens (tertiary/aromatic N) is 1. The zero-order chi connectivity index (χ0) is 12.4. The van der Waals surface area contributed by atoms with Gasteiger partial charge in [0, 0.05) is 14.7 Å². The molecular formula is C12H12FIN2O. The van der Waals surface area contributed by atoms with Crippen molar-refractivity contribution in [1.29, 1.82) is 0 Å². The van der Waals surface area contributed by atoms with Crippen LogP contribution in [0.4, 0.5) is 10.2 Å². The minimum Gasteiger partial charge on any atom is -0.381 e. The molecule has 90 valence electrons. The van der Waals surface area contributed by atoms with Crippen molar-refractivity contribution < 1.29 is 8.91 Å². The highest BCUT2D eigenvalue weighted by Gasteiger charge is 2.17. The molecule has 1 aromatic carbocycles. The van der Waals surface area contributed by atoms with Gasteiger partial charge in [0.15, 0.2) is 11.6 Å². The van der Waals surface area contributed by atoms with Crippen molar-refractivity contribution >= 4 is 28.4 Å². The molecule has 0 aliphatic rings. The number of rotatable bonds is 3. The van der Waals surface area contributed by atoms with E-state index >= 15 is 0 Å². The second kappa shape index (κ2) is 5.03. The number of aromatic nitrogens is 1. The summed E-state index contributed by atoms with van der Waals surface area (Å²) in [5.41, 5.74) is 7.50. The third kappa shape index (κ3) is 2.43. The van der Waals surface area contributed by atoms with Gasteiger partial charge in [-0.2, -0.15) is 0 Å². The molecule has 0 bridgehead atoms.